The Bertz CT molecular complexity index is 944. The molecular weight excluding hydrogens is 392 g/mol. The van der Waals surface area contributed by atoms with E-state index in [1.807, 2.05) is 11.8 Å². The number of carbonyl (C=O) groups is 1. The van der Waals surface area contributed by atoms with Gasteiger partial charge in [0.05, 0.1) is 11.1 Å². The number of aromatic nitrogens is 2. The Kier molecular flexibility index (Phi) is 5.81. The maximum absolute atomic E-state index is 13.2. The summed E-state index contributed by atoms with van der Waals surface area (Å²) in [6.07, 6.45) is 3.16. The number of hydrogen-bond donors (Lipinski definition) is 0. The molecule has 1 unspecified atom stereocenters. The van der Waals surface area contributed by atoms with Crippen LogP contribution < -0.4 is 5.56 Å². The van der Waals surface area contributed by atoms with E-state index in [2.05, 4.69) is 18.9 Å². The van der Waals surface area contributed by atoms with E-state index in [9.17, 15) is 9.59 Å². The normalized spacial score (nSPS) is 20.5. The van der Waals surface area contributed by atoms with Gasteiger partial charge in [-0.2, -0.15) is 0 Å². The van der Waals surface area contributed by atoms with E-state index in [0.717, 1.165) is 55.7 Å². The first-order valence-corrected chi connectivity index (χ1v) is 11.9. The number of fused-ring (bicyclic) bond motifs is 3. The lowest BCUT2D eigenvalue weighted by molar-refractivity contribution is -0.129. The SMILES string of the molecule is CCn1c(SCC(=O)N2CCN(C)CC2)nc2sc3c(c2c1=O)CCC(C)C3. The van der Waals surface area contributed by atoms with Crippen LogP contribution in [0.5, 0.6) is 0 Å². The molecule has 1 aliphatic heterocycles. The van der Waals surface area contributed by atoms with Crippen LogP contribution in [0.3, 0.4) is 0 Å². The van der Waals surface area contributed by atoms with Crippen LogP contribution >= 0.6 is 23.1 Å². The maximum atomic E-state index is 13.2. The Morgan fingerprint density at radius 1 is 1.29 bits per heavy atom. The number of nitrogens with zero attached hydrogens (tertiary/aromatic N) is 4. The Balaban J connectivity index is 1.59. The summed E-state index contributed by atoms with van der Waals surface area (Å²) in [6, 6.07) is 0. The first-order chi connectivity index (χ1) is 13.5. The van der Waals surface area contributed by atoms with Gasteiger partial charge in [0.2, 0.25) is 5.91 Å². The summed E-state index contributed by atoms with van der Waals surface area (Å²) in [7, 11) is 2.08. The number of amides is 1. The van der Waals surface area contributed by atoms with Gasteiger partial charge in [0, 0.05) is 37.6 Å². The number of thioether (sulfide) groups is 1. The zero-order valence-electron chi connectivity index (χ0n) is 16.9. The third-order valence-electron chi connectivity index (χ3n) is 5.88. The van der Waals surface area contributed by atoms with Gasteiger partial charge < -0.3 is 9.80 Å². The minimum absolute atomic E-state index is 0.0640. The zero-order chi connectivity index (χ0) is 19.8. The van der Waals surface area contributed by atoms with Crippen molar-refractivity contribution in [2.24, 2.45) is 5.92 Å². The van der Waals surface area contributed by atoms with E-state index >= 15 is 0 Å². The van der Waals surface area contributed by atoms with E-state index in [4.69, 9.17) is 4.98 Å². The number of carbonyl (C=O) groups excluding carboxylic acids is 1. The van der Waals surface area contributed by atoms with Gasteiger partial charge in [-0.05, 0) is 44.7 Å². The second kappa shape index (κ2) is 8.16. The highest BCUT2D eigenvalue weighted by Gasteiger charge is 2.25. The number of hydrogen-bond acceptors (Lipinski definition) is 6. The van der Waals surface area contributed by atoms with E-state index in [0.29, 0.717) is 23.4 Å². The molecule has 3 heterocycles. The van der Waals surface area contributed by atoms with E-state index in [1.54, 1.807) is 15.9 Å². The molecule has 2 aromatic rings. The highest BCUT2D eigenvalue weighted by Crippen LogP contribution is 2.36. The van der Waals surface area contributed by atoms with Gasteiger partial charge >= 0.3 is 0 Å². The Morgan fingerprint density at radius 2 is 2.04 bits per heavy atom. The predicted octanol–water partition coefficient (Wildman–Crippen LogP) is 2.47. The van der Waals surface area contributed by atoms with Crippen molar-refractivity contribution in [2.45, 2.75) is 44.8 Å². The molecular formula is C20H28N4O2S2. The summed E-state index contributed by atoms with van der Waals surface area (Å²) in [5, 5.41) is 1.50. The van der Waals surface area contributed by atoms with Gasteiger partial charge in [0.1, 0.15) is 4.83 Å². The molecule has 0 spiro atoms. The second-order valence-corrected chi connectivity index (χ2v) is 9.97. The largest absolute Gasteiger partial charge is 0.339 e. The van der Waals surface area contributed by atoms with Gasteiger partial charge in [0.15, 0.2) is 5.16 Å². The number of rotatable bonds is 4. The number of thiophene rings is 1. The number of likely N-dealkylation sites (N-methyl/N-ethyl adjacent to an activating group) is 1. The Hall–Kier alpha value is -1.38. The molecule has 1 atom stereocenters. The molecule has 0 bridgehead atoms. The Labute approximate surface area is 173 Å². The molecule has 2 aromatic heterocycles. The number of piperazine rings is 1. The topological polar surface area (TPSA) is 58.4 Å². The van der Waals surface area contributed by atoms with E-state index in [-0.39, 0.29) is 11.5 Å². The van der Waals surface area contributed by atoms with Gasteiger partial charge in [-0.25, -0.2) is 4.98 Å². The summed E-state index contributed by atoms with van der Waals surface area (Å²) in [6.45, 7) is 8.21. The van der Waals surface area contributed by atoms with Crippen LogP contribution in [0.2, 0.25) is 0 Å². The fourth-order valence-corrected chi connectivity index (χ4v) is 6.46. The molecule has 152 valence electrons. The molecule has 0 N–H and O–H groups in total. The lowest BCUT2D eigenvalue weighted by Gasteiger charge is -2.32. The standard InChI is InChI=1S/C20H28N4O2S2/c1-4-24-19(26)17-14-6-5-13(2)11-15(14)28-18(17)21-20(24)27-12-16(25)23-9-7-22(3)8-10-23/h13H,4-12H2,1-3H3. The molecule has 0 radical (unpaired) electrons. The third kappa shape index (κ3) is 3.74. The minimum Gasteiger partial charge on any atom is -0.339 e. The summed E-state index contributed by atoms with van der Waals surface area (Å²) in [5.74, 6) is 1.14. The van der Waals surface area contributed by atoms with Gasteiger partial charge in [0.25, 0.3) is 5.56 Å². The van der Waals surface area contributed by atoms with Crippen molar-refractivity contribution < 1.29 is 4.79 Å². The third-order valence-corrected chi connectivity index (χ3v) is 7.99. The van der Waals surface area contributed by atoms with Crippen LogP contribution in [0, 0.1) is 5.92 Å². The fraction of sp³-hybridized carbons (Fsp3) is 0.650. The molecule has 8 heteroatoms. The zero-order valence-corrected chi connectivity index (χ0v) is 18.5. The van der Waals surface area contributed by atoms with Crippen molar-refractivity contribution in [1.82, 2.24) is 19.4 Å². The first kappa shape index (κ1) is 19.9. The average molecular weight is 421 g/mol. The maximum Gasteiger partial charge on any atom is 0.263 e. The summed E-state index contributed by atoms with van der Waals surface area (Å²) >= 11 is 3.08. The highest BCUT2D eigenvalue weighted by atomic mass is 32.2. The first-order valence-electron chi connectivity index (χ1n) is 10.1. The van der Waals surface area contributed by atoms with Crippen molar-refractivity contribution in [3.05, 3.63) is 20.8 Å². The van der Waals surface area contributed by atoms with Crippen molar-refractivity contribution >= 4 is 39.2 Å². The fourth-order valence-electron chi connectivity index (χ4n) is 4.07. The molecule has 1 aliphatic carbocycles. The van der Waals surface area contributed by atoms with Crippen LogP contribution in [-0.2, 0) is 24.2 Å². The molecule has 2 aliphatic rings. The van der Waals surface area contributed by atoms with Crippen molar-refractivity contribution in [3.8, 4) is 0 Å². The minimum atomic E-state index is 0.0640. The average Bonchev–Trinajstić information content (AvgIpc) is 3.04. The van der Waals surface area contributed by atoms with Crippen LogP contribution in [0.4, 0.5) is 0 Å². The molecule has 0 saturated carbocycles. The van der Waals surface area contributed by atoms with E-state index < -0.39 is 0 Å². The van der Waals surface area contributed by atoms with Crippen LogP contribution in [0.1, 0.15) is 30.7 Å². The molecule has 1 amide bonds. The van der Waals surface area contributed by atoms with E-state index in [1.165, 1.54) is 22.2 Å². The highest BCUT2D eigenvalue weighted by molar-refractivity contribution is 7.99. The van der Waals surface area contributed by atoms with Gasteiger partial charge in [-0.15, -0.1) is 11.3 Å². The molecule has 6 nitrogen and oxygen atoms in total. The number of aryl methyl sites for hydroxylation is 1. The Morgan fingerprint density at radius 3 is 2.75 bits per heavy atom. The monoisotopic (exact) mass is 420 g/mol. The summed E-state index contributed by atoms with van der Waals surface area (Å²) in [4.78, 5) is 37.0. The van der Waals surface area contributed by atoms with Gasteiger partial charge in [-0.3, -0.25) is 14.2 Å². The van der Waals surface area contributed by atoms with Crippen LogP contribution in [0.25, 0.3) is 10.2 Å². The lowest BCUT2D eigenvalue weighted by atomic mass is 9.89. The van der Waals surface area contributed by atoms with Crippen molar-refractivity contribution in [1.29, 1.82) is 0 Å². The molecule has 1 saturated heterocycles. The molecule has 0 aromatic carbocycles. The summed E-state index contributed by atoms with van der Waals surface area (Å²) < 4.78 is 1.75. The predicted molar refractivity (Wildman–Crippen MR) is 116 cm³/mol. The molecule has 1 fully saturated rings. The van der Waals surface area contributed by atoms with Gasteiger partial charge in [-0.1, -0.05) is 18.7 Å². The lowest BCUT2D eigenvalue weighted by Crippen LogP contribution is -2.47. The smallest absolute Gasteiger partial charge is 0.263 e. The second-order valence-electron chi connectivity index (χ2n) is 7.95. The molecule has 4 rings (SSSR count). The van der Waals surface area contributed by atoms with Crippen molar-refractivity contribution in [3.63, 3.8) is 0 Å². The quantitative estimate of drug-likeness (QED) is 0.562. The van der Waals surface area contributed by atoms with Crippen LogP contribution in [-0.4, -0.2) is 64.2 Å². The van der Waals surface area contributed by atoms with Crippen LogP contribution in [0.15, 0.2) is 9.95 Å². The van der Waals surface area contributed by atoms with Crippen molar-refractivity contribution in [2.75, 3.05) is 39.0 Å². The molecule has 28 heavy (non-hydrogen) atoms. The summed E-state index contributed by atoms with van der Waals surface area (Å²) in [5.41, 5.74) is 1.29.